The number of aromatic nitrogens is 2. The number of methoxy groups -OCH3 is 1. The fourth-order valence-corrected chi connectivity index (χ4v) is 2.71. The summed E-state index contributed by atoms with van der Waals surface area (Å²) >= 11 is 0. The summed E-state index contributed by atoms with van der Waals surface area (Å²) in [4.78, 5) is 11.5. The molecule has 0 aliphatic carbocycles. The van der Waals surface area contributed by atoms with E-state index in [1.54, 1.807) is 7.11 Å². The zero-order valence-electron chi connectivity index (χ0n) is 15.4. The van der Waals surface area contributed by atoms with Crippen LogP contribution in [0, 0.1) is 6.92 Å². The lowest BCUT2D eigenvalue weighted by Gasteiger charge is -2.22. The van der Waals surface area contributed by atoms with Gasteiger partial charge in [0.05, 0.1) is 7.11 Å². The second-order valence-corrected chi connectivity index (χ2v) is 6.05. The molecule has 0 atom stereocenters. The molecule has 0 spiro atoms. The molecule has 0 aliphatic heterocycles. The van der Waals surface area contributed by atoms with Gasteiger partial charge >= 0.3 is 0 Å². The molecule has 134 valence electrons. The summed E-state index contributed by atoms with van der Waals surface area (Å²) in [7, 11) is 1.66. The molecule has 2 aromatic carbocycles. The van der Waals surface area contributed by atoms with E-state index in [0.29, 0.717) is 0 Å². The van der Waals surface area contributed by atoms with E-state index in [4.69, 9.17) is 9.72 Å². The number of aryl methyl sites for hydroxylation is 1. The third-order valence-corrected chi connectivity index (χ3v) is 4.09. The van der Waals surface area contributed by atoms with E-state index < -0.39 is 0 Å². The SMILES string of the molecule is CCN(Cc1ccccc1)c1nc(C)cc(Nc2ccc(OC)cc2)n1. The van der Waals surface area contributed by atoms with Gasteiger partial charge < -0.3 is 15.0 Å². The highest BCUT2D eigenvalue weighted by Crippen LogP contribution is 2.21. The van der Waals surface area contributed by atoms with E-state index in [9.17, 15) is 0 Å². The second-order valence-electron chi connectivity index (χ2n) is 6.05. The molecule has 0 radical (unpaired) electrons. The lowest BCUT2D eigenvalue weighted by Crippen LogP contribution is -2.24. The fourth-order valence-electron chi connectivity index (χ4n) is 2.71. The number of nitrogens with one attached hydrogen (secondary N) is 1. The molecule has 0 fully saturated rings. The van der Waals surface area contributed by atoms with E-state index in [2.05, 4.69) is 46.4 Å². The summed E-state index contributed by atoms with van der Waals surface area (Å²) in [6.45, 7) is 5.72. The molecule has 0 bridgehead atoms. The molecule has 3 rings (SSSR count). The Labute approximate surface area is 154 Å². The van der Waals surface area contributed by atoms with Crippen LogP contribution in [0.15, 0.2) is 60.7 Å². The molecule has 5 nitrogen and oxygen atoms in total. The van der Waals surface area contributed by atoms with Crippen LogP contribution in [0.5, 0.6) is 5.75 Å². The molecule has 1 heterocycles. The average molecular weight is 348 g/mol. The number of nitrogens with zero attached hydrogens (tertiary/aromatic N) is 3. The summed E-state index contributed by atoms with van der Waals surface area (Å²) in [5.74, 6) is 2.34. The minimum atomic E-state index is 0.729. The van der Waals surface area contributed by atoms with E-state index >= 15 is 0 Å². The van der Waals surface area contributed by atoms with Crippen molar-refractivity contribution in [2.24, 2.45) is 0 Å². The minimum absolute atomic E-state index is 0.729. The molecule has 0 aliphatic rings. The van der Waals surface area contributed by atoms with Crippen LogP contribution >= 0.6 is 0 Å². The average Bonchev–Trinajstić information content (AvgIpc) is 2.67. The van der Waals surface area contributed by atoms with Crippen molar-refractivity contribution in [2.45, 2.75) is 20.4 Å². The summed E-state index contributed by atoms with van der Waals surface area (Å²) < 4.78 is 5.20. The van der Waals surface area contributed by atoms with Crippen molar-refractivity contribution in [1.82, 2.24) is 9.97 Å². The Kier molecular flexibility index (Phi) is 5.69. The molecular formula is C21H24N4O. The van der Waals surface area contributed by atoms with Crippen molar-refractivity contribution in [1.29, 1.82) is 0 Å². The van der Waals surface area contributed by atoms with Crippen LogP contribution in [-0.4, -0.2) is 23.6 Å². The summed E-state index contributed by atoms with van der Waals surface area (Å²) in [6.07, 6.45) is 0. The number of rotatable bonds is 7. The predicted molar refractivity (Wildman–Crippen MR) is 106 cm³/mol. The number of hydrogen-bond donors (Lipinski definition) is 1. The third-order valence-electron chi connectivity index (χ3n) is 4.09. The Morgan fingerprint density at radius 1 is 1.00 bits per heavy atom. The van der Waals surface area contributed by atoms with Crippen molar-refractivity contribution in [3.05, 3.63) is 71.9 Å². The normalized spacial score (nSPS) is 10.4. The van der Waals surface area contributed by atoms with Crippen LogP contribution < -0.4 is 15.0 Å². The van der Waals surface area contributed by atoms with Gasteiger partial charge in [0.15, 0.2) is 0 Å². The quantitative estimate of drug-likeness (QED) is 0.678. The van der Waals surface area contributed by atoms with Gasteiger partial charge in [0, 0.05) is 30.5 Å². The molecule has 0 saturated carbocycles. The molecule has 1 aromatic heterocycles. The lowest BCUT2D eigenvalue weighted by molar-refractivity contribution is 0.415. The van der Waals surface area contributed by atoms with Gasteiger partial charge in [-0.15, -0.1) is 0 Å². The fraction of sp³-hybridized carbons (Fsp3) is 0.238. The van der Waals surface area contributed by atoms with E-state index in [1.807, 2.05) is 43.3 Å². The largest absolute Gasteiger partial charge is 0.497 e. The summed E-state index contributed by atoms with van der Waals surface area (Å²) in [5, 5.41) is 3.35. The summed E-state index contributed by atoms with van der Waals surface area (Å²) in [5.41, 5.74) is 3.13. The van der Waals surface area contributed by atoms with Crippen molar-refractivity contribution in [3.63, 3.8) is 0 Å². The first-order chi connectivity index (χ1) is 12.7. The first-order valence-electron chi connectivity index (χ1n) is 8.73. The van der Waals surface area contributed by atoms with Crippen molar-refractivity contribution < 1.29 is 4.74 Å². The van der Waals surface area contributed by atoms with Crippen LogP contribution in [0.25, 0.3) is 0 Å². The molecule has 5 heteroatoms. The lowest BCUT2D eigenvalue weighted by atomic mass is 10.2. The van der Waals surface area contributed by atoms with Gasteiger partial charge in [0.1, 0.15) is 11.6 Å². The number of hydrogen-bond acceptors (Lipinski definition) is 5. The maximum atomic E-state index is 5.20. The van der Waals surface area contributed by atoms with Gasteiger partial charge in [-0.25, -0.2) is 4.98 Å². The maximum absolute atomic E-state index is 5.20. The minimum Gasteiger partial charge on any atom is -0.497 e. The predicted octanol–water partition coefficient (Wildman–Crippen LogP) is 4.56. The summed E-state index contributed by atoms with van der Waals surface area (Å²) in [6, 6.07) is 20.1. The van der Waals surface area contributed by atoms with Crippen LogP contribution in [0.1, 0.15) is 18.2 Å². The Morgan fingerprint density at radius 2 is 1.73 bits per heavy atom. The van der Waals surface area contributed by atoms with Crippen molar-refractivity contribution in [2.75, 3.05) is 23.9 Å². The van der Waals surface area contributed by atoms with Gasteiger partial charge in [-0.1, -0.05) is 30.3 Å². The van der Waals surface area contributed by atoms with Gasteiger partial charge in [0.2, 0.25) is 5.95 Å². The van der Waals surface area contributed by atoms with E-state index in [-0.39, 0.29) is 0 Å². The van der Waals surface area contributed by atoms with Gasteiger partial charge in [0.25, 0.3) is 0 Å². The molecular weight excluding hydrogens is 324 g/mol. The zero-order chi connectivity index (χ0) is 18.4. The maximum Gasteiger partial charge on any atom is 0.227 e. The van der Waals surface area contributed by atoms with Crippen LogP contribution in [0.4, 0.5) is 17.5 Å². The topological polar surface area (TPSA) is 50.3 Å². The standard InChI is InChI=1S/C21H24N4O/c1-4-25(15-17-8-6-5-7-9-17)21-22-16(2)14-20(24-21)23-18-10-12-19(26-3)13-11-18/h5-14H,4,15H2,1-3H3,(H,22,23,24). The van der Waals surface area contributed by atoms with Gasteiger partial charge in [-0.2, -0.15) is 4.98 Å². The van der Waals surface area contributed by atoms with Gasteiger partial charge in [-0.05, 0) is 43.7 Å². The first kappa shape index (κ1) is 17.7. The van der Waals surface area contributed by atoms with E-state index in [1.165, 1.54) is 5.56 Å². The van der Waals surface area contributed by atoms with Crippen molar-refractivity contribution >= 4 is 17.5 Å². The van der Waals surface area contributed by atoms with Crippen LogP contribution in [0.3, 0.4) is 0 Å². The highest BCUT2D eigenvalue weighted by Gasteiger charge is 2.11. The highest BCUT2D eigenvalue weighted by molar-refractivity contribution is 5.58. The Morgan fingerprint density at radius 3 is 2.38 bits per heavy atom. The molecule has 0 saturated heterocycles. The van der Waals surface area contributed by atoms with Gasteiger partial charge in [-0.3, -0.25) is 0 Å². The van der Waals surface area contributed by atoms with Crippen LogP contribution in [-0.2, 0) is 6.54 Å². The smallest absolute Gasteiger partial charge is 0.227 e. The highest BCUT2D eigenvalue weighted by atomic mass is 16.5. The van der Waals surface area contributed by atoms with E-state index in [0.717, 1.165) is 42.0 Å². The third kappa shape index (κ3) is 4.51. The van der Waals surface area contributed by atoms with Crippen molar-refractivity contribution in [3.8, 4) is 5.75 Å². The number of benzene rings is 2. The molecule has 1 N–H and O–H groups in total. The Hall–Kier alpha value is -3.08. The number of ether oxygens (including phenoxy) is 1. The Bertz CT molecular complexity index is 834. The monoisotopic (exact) mass is 348 g/mol. The molecule has 3 aromatic rings. The number of anilines is 3. The van der Waals surface area contributed by atoms with Crippen LogP contribution in [0.2, 0.25) is 0 Å². The molecule has 0 amide bonds. The first-order valence-corrected chi connectivity index (χ1v) is 8.73. The molecule has 0 unspecified atom stereocenters. The second kappa shape index (κ2) is 8.34. The zero-order valence-corrected chi connectivity index (χ0v) is 15.4. The molecule has 26 heavy (non-hydrogen) atoms. The Balaban J connectivity index is 1.81.